The van der Waals surface area contributed by atoms with Crippen LogP contribution in [0.25, 0.3) is 0 Å². The topological polar surface area (TPSA) is 58.6 Å². The number of anilines is 1. The molecule has 1 N–H and O–H groups in total. The Morgan fingerprint density at radius 2 is 2.17 bits per heavy atom. The smallest absolute Gasteiger partial charge is 0.407 e. The van der Waals surface area contributed by atoms with Crippen LogP contribution < -0.4 is 10.2 Å². The number of hydrogen-bond donors (Lipinski definition) is 1. The molecule has 1 heterocycles. The van der Waals surface area contributed by atoms with Crippen LogP contribution in [0.5, 0.6) is 0 Å². The zero-order valence-corrected chi connectivity index (χ0v) is 15.4. The highest BCUT2D eigenvalue weighted by Crippen LogP contribution is 2.32. The summed E-state index contributed by atoms with van der Waals surface area (Å²) in [5.41, 5.74) is 1.18. The van der Waals surface area contributed by atoms with Crippen molar-refractivity contribution in [3.05, 3.63) is 28.2 Å². The molecule has 1 aliphatic rings. The first-order valence-corrected chi connectivity index (χ1v) is 8.57. The number of amides is 1. The Labute approximate surface area is 145 Å². The van der Waals surface area contributed by atoms with Gasteiger partial charge >= 0.3 is 6.09 Å². The first-order chi connectivity index (χ1) is 10.8. The molecule has 0 spiro atoms. The van der Waals surface area contributed by atoms with Gasteiger partial charge in [0.15, 0.2) is 6.29 Å². The van der Waals surface area contributed by atoms with Gasteiger partial charge in [0.05, 0.1) is 12.2 Å². The maximum atomic E-state index is 11.9. The minimum absolute atomic E-state index is 0.183. The molecule has 0 bridgehead atoms. The van der Waals surface area contributed by atoms with Crippen LogP contribution in [0.15, 0.2) is 22.7 Å². The zero-order chi connectivity index (χ0) is 17.0. The molecule has 2 rings (SSSR count). The van der Waals surface area contributed by atoms with Gasteiger partial charge in [0.2, 0.25) is 0 Å². The number of ether oxygens (including phenoxy) is 1. The van der Waals surface area contributed by atoms with E-state index in [4.69, 9.17) is 4.74 Å². The first-order valence-electron chi connectivity index (χ1n) is 7.77. The molecule has 1 aromatic carbocycles. The molecule has 1 fully saturated rings. The van der Waals surface area contributed by atoms with Crippen molar-refractivity contribution in [3.63, 3.8) is 0 Å². The van der Waals surface area contributed by atoms with Crippen LogP contribution >= 0.6 is 15.9 Å². The van der Waals surface area contributed by atoms with E-state index in [0.717, 1.165) is 35.8 Å². The molecule has 126 valence electrons. The third kappa shape index (κ3) is 4.96. The van der Waals surface area contributed by atoms with Crippen molar-refractivity contribution in [1.29, 1.82) is 0 Å². The quantitative estimate of drug-likeness (QED) is 0.808. The van der Waals surface area contributed by atoms with Gasteiger partial charge in [-0.25, -0.2) is 4.79 Å². The minimum Gasteiger partial charge on any atom is -0.444 e. The van der Waals surface area contributed by atoms with Gasteiger partial charge in [0.1, 0.15) is 6.10 Å². The lowest BCUT2D eigenvalue weighted by Gasteiger charge is -2.35. The summed E-state index contributed by atoms with van der Waals surface area (Å²) in [6.07, 6.45) is 2.02. The Kier molecular flexibility index (Phi) is 5.68. The second kappa shape index (κ2) is 7.34. The average molecular weight is 383 g/mol. The highest BCUT2D eigenvalue weighted by Gasteiger charge is 2.26. The molecule has 1 unspecified atom stereocenters. The molecule has 0 saturated carbocycles. The fourth-order valence-corrected chi connectivity index (χ4v) is 3.32. The second-order valence-corrected chi connectivity index (χ2v) is 7.64. The van der Waals surface area contributed by atoms with Crippen LogP contribution in [0.1, 0.15) is 44.0 Å². The van der Waals surface area contributed by atoms with Crippen molar-refractivity contribution in [2.24, 2.45) is 0 Å². The number of nitrogens with one attached hydrogen (secondary N) is 1. The van der Waals surface area contributed by atoms with Crippen LogP contribution in [-0.4, -0.2) is 37.1 Å². The third-order valence-electron chi connectivity index (χ3n) is 3.59. The third-order valence-corrected chi connectivity index (χ3v) is 4.23. The molecular formula is C17H23BrN2O3. The zero-order valence-electron chi connectivity index (χ0n) is 13.8. The Morgan fingerprint density at radius 3 is 2.83 bits per heavy atom. The average Bonchev–Trinajstić information content (AvgIpc) is 2.45. The van der Waals surface area contributed by atoms with Gasteiger partial charge in [-0.2, -0.15) is 0 Å². The second-order valence-electron chi connectivity index (χ2n) is 6.79. The fourth-order valence-electron chi connectivity index (χ4n) is 2.69. The van der Waals surface area contributed by atoms with Crippen molar-refractivity contribution < 1.29 is 14.3 Å². The molecule has 5 nitrogen and oxygen atoms in total. The molecule has 23 heavy (non-hydrogen) atoms. The lowest BCUT2D eigenvalue weighted by atomic mass is 10.1. The van der Waals surface area contributed by atoms with E-state index in [1.165, 1.54) is 0 Å². The fraction of sp³-hybridized carbons (Fsp3) is 0.529. The summed E-state index contributed by atoms with van der Waals surface area (Å²) in [6, 6.07) is 5.55. The largest absolute Gasteiger partial charge is 0.444 e. The summed E-state index contributed by atoms with van der Waals surface area (Å²) < 4.78 is 6.41. The Hall–Kier alpha value is -1.56. The number of nitrogens with zero attached hydrogens (tertiary/aromatic N) is 1. The maximum absolute atomic E-state index is 11.9. The number of carbonyl (C=O) groups excluding carboxylic acids is 2. The van der Waals surface area contributed by atoms with Gasteiger partial charge in [-0.05, 0) is 61.7 Å². The monoisotopic (exact) mass is 382 g/mol. The van der Waals surface area contributed by atoms with E-state index in [2.05, 4.69) is 26.1 Å². The highest BCUT2D eigenvalue weighted by atomic mass is 79.9. The number of carbonyl (C=O) groups is 2. The van der Waals surface area contributed by atoms with E-state index < -0.39 is 6.09 Å². The molecule has 1 aliphatic heterocycles. The standard InChI is InChI=1S/C17H23BrN2O3/c1-17(2,3)19-16(22)23-13-7-5-9-20(10-13)15-12(11-21)6-4-8-14(15)18/h4,6,8,11,13H,5,7,9-10H2,1-3H3,(H,19,22). The minimum atomic E-state index is -0.396. The lowest BCUT2D eigenvalue weighted by Crippen LogP contribution is -2.46. The van der Waals surface area contributed by atoms with Gasteiger partial charge in [0.25, 0.3) is 0 Å². The van der Waals surface area contributed by atoms with E-state index in [1.54, 1.807) is 6.07 Å². The van der Waals surface area contributed by atoms with Gasteiger partial charge in [0, 0.05) is 22.1 Å². The number of halogens is 1. The van der Waals surface area contributed by atoms with E-state index in [1.807, 2.05) is 32.9 Å². The summed E-state index contributed by atoms with van der Waals surface area (Å²) in [5.74, 6) is 0. The number of alkyl carbamates (subject to hydrolysis) is 1. The summed E-state index contributed by atoms with van der Waals surface area (Å²) in [4.78, 5) is 25.3. The highest BCUT2D eigenvalue weighted by molar-refractivity contribution is 9.10. The summed E-state index contributed by atoms with van der Waals surface area (Å²) in [7, 11) is 0. The predicted molar refractivity (Wildman–Crippen MR) is 94.1 cm³/mol. The molecule has 1 amide bonds. The Bertz CT molecular complexity index is 584. The SMILES string of the molecule is CC(C)(C)NC(=O)OC1CCCN(c2c(Br)cccc2C=O)C1. The predicted octanol–water partition coefficient (Wildman–Crippen LogP) is 3.76. The van der Waals surface area contributed by atoms with Crippen molar-refractivity contribution >= 4 is 34.0 Å². The van der Waals surface area contributed by atoms with Crippen LogP contribution in [0.4, 0.5) is 10.5 Å². The lowest BCUT2D eigenvalue weighted by molar-refractivity contribution is 0.0825. The van der Waals surface area contributed by atoms with Gasteiger partial charge in [-0.15, -0.1) is 0 Å². The van der Waals surface area contributed by atoms with E-state index >= 15 is 0 Å². The molecule has 1 aromatic rings. The molecule has 1 atom stereocenters. The summed E-state index contributed by atoms with van der Waals surface area (Å²) in [5, 5.41) is 2.81. The maximum Gasteiger partial charge on any atom is 0.407 e. The number of para-hydroxylation sites is 1. The van der Waals surface area contributed by atoms with Crippen molar-refractivity contribution in [1.82, 2.24) is 5.32 Å². The Balaban J connectivity index is 2.07. The van der Waals surface area contributed by atoms with Crippen LogP contribution in [0.2, 0.25) is 0 Å². The van der Waals surface area contributed by atoms with E-state index in [9.17, 15) is 9.59 Å². The molecule has 0 aliphatic carbocycles. The molecular weight excluding hydrogens is 360 g/mol. The van der Waals surface area contributed by atoms with Crippen molar-refractivity contribution in [2.45, 2.75) is 45.3 Å². The van der Waals surface area contributed by atoms with E-state index in [0.29, 0.717) is 12.1 Å². The van der Waals surface area contributed by atoms with E-state index in [-0.39, 0.29) is 11.6 Å². The van der Waals surface area contributed by atoms with Crippen LogP contribution in [-0.2, 0) is 4.74 Å². The van der Waals surface area contributed by atoms with Gasteiger partial charge in [-0.1, -0.05) is 6.07 Å². The number of rotatable bonds is 3. The Morgan fingerprint density at radius 1 is 1.43 bits per heavy atom. The molecule has 0 aromatic heterocycles. The van der Waals surface area contributed by atoms with Gasteiger partial charge < -0.3 is 15.0 Å². The number of piperidine rings is 1. The number of benzene rings is 1. The molecule has 6 heteroatoms. The normalized spacial score (nSPS) is 18.4. The molecule has 1 saturated heterocycles. The molecule has 0 radical (unpaired) electrons. The van der Waals surface area contributed by atoms with Crippen molar-refractivity contribution in [2.75, 3.05) is 18.0 Å². The summed E-state index contributed by atoms with van der Waals surface area (Å²) in [6.45, 7) is 7.17. The van der Waals surface area contributed by atoms with Crippen LogP contribution in [0, 0.1) is 0 Å². The number of hydrogen-bond acceptors (Lipinski definition) is 4. The summed E-state index contributed by atoms with van der Waals surface area (Å²) >= 11 is 3.51. The van der Waals surface area contributed by atoms with Crippen molar-refractivity contribution in [3.8, 4) is 0 Å². The number of aldehydes is 1. The van der Waals surface area contributed by atoms with Gasteiger partial charge in [-0.3, -0.25) is 4.79 Å². The first kappa shape index (κ1) is 17.8. The van der Waals surface area contributed by atoms with Crippen LogP contribution in [0.3, 0.4) is 0 Å².